The standard InChI is InChI=1S/C21H25N3O3/c1-14(16-8-10-18(11-9-16)24-20(25)17-6-7-17)23-21(26)22-13-15-4-3-5-19(12-15)27-2/h3-5,8-12,14,17H,6-7,13H2,1-2H3,(H,24,25)(H2,22,23,26). The Hall–Kier alpha value is -3.02. The molecule has 0 spiro atoms. The Morgan fingerprint density at radius 3 is 2.56 bits per heavy atom. The SMILES string of the molecule is COc1cccc(CNC(=O)NC(C)c2ccc(NC(=O)C3CC3)cc2)c1. The van der Waals surface area contributed by atoms with Crippen molar-refractivity contribution in [2.45, 2.75) is 32.4 Å². The van der Waals surface area contributed by atoms with Gasteiger partial charge < -0.3 is 20.7 Å². The van der Waals surface area contributed by atoms with E-state index in [1.54, 1.807) is 7.11 Å². The molecule has 3 rings (SSSR count). The van der Waals surface area contributed by atoms with Gasteiger partial charge >= 0.3 is 6.03 Å². The highest BCUT2D eigenvalue weighted by atomic mass is 16.5. The second-order valence-corrected chi connectivity index (χ2v) is 6.79. The lowest BCUT2D eigenvalue weighted by Gasteiger charge is -2.16. The fourth-order valence-corrected chi connectivity index (χ4v) is 2.74. The largest absolute Gasteiger partial charge is 0.497 e. The van der Waals surface area contributed by atoms with Crippen molar-refractivity contribution >= 4 is 17.6 Å². The van der Waals surface area contributed by atoms with Crippen LogP contribution in [0.15, 0.2) is 48.5 Å². The van der Waals surface area contributed by atoms with Gasteiger partial charge in [-0.2, -0.15) is 0 Å². The van der Waals surface area contributed by atoms with Crippen molar-refractivity contribution in [2.75, 3.05) is 12.4 Å². The molecular weight excluding hydrogens is 342 g/mol. The molecule has 6 heteroatoms. The van der Waals surface area contributed by atoms with E-state index in [1.807, 2.05) is 55.5 Å². The maximum absolute atomic E-state index is 12.1. The van der Waals surface area contributed by atoms with Crippen LogP contribution < -0.4 is 20.7 Å². The fourth-order valence-electron chi connectivity index (χ4n) is 2.74. The molecule has 2 aromatic carbocycles. The number of benzene rings is 2. The molecule has 0 bridgehead atoms. The smallest absolute Gasteiger partial charge is 0.315 e. The van der Waals surface area contributed by atoms with E-state index in [2.05, 4.69) is 16.0 Å². The molecule has 2 aromatic rings. The van der Waals surface area contributed by atoms with Gasteiger partial charge in [0.05, 0.1) is 13.2 Å². The Bertz CT molecular complexity index is 801. The summed E-state index contributed by atoms with van der Waals surface area (Å²) >= 11 is 0. The van der Waals surface area contributed by atoms with Gasteiger partial charge in [0.15, 0.2) is 0 Å². The number of ether oxygens (including phenoxy) is 1. The number of hydrogen-bond donors (Lipinski definition) is 3. The van der Waals surface area contributed by atoms with Crippen LogP contribution in [0.25, 0.3) is 0 Å². The van der Waals surface area contributed by atoms with Gasteiger partial charge in [-0.25, -0.2) is 4.79 Å². The summed E-state index contributed by atoms with van der Waals surface area (Å²) < 4.78 is 5.18. The molecule has 1 fully saturated rings. The zero-order valence-corrected chi connectivity index (χ0v) is 15.6. The van der Waals surface area contributed by atoms with Gasteiger partial charge in [-0.15, -0.1) is 0 Å². The number of rotatable bonds is 7. The fraction of sp³-hybridized carbons (Fsp3) is 0.333. The number of anilines is 1. The highest BCUT2D eigenvalue weighted by Gasteiger charge is 2.29. The number of methoxy groups -OCH3 is 1. The number of urea groups is 1. The van der Waals surface area contributed by atoms with Gasteiger partial charge in [0.2, 0.25) is 5.91 Å². The summed E-state index contributed by atoms with van der Waals surface area (Å²) in [5, 5.41) is 8.67. The van der Waals surface area contributed by atoms with Crippen molar-refractivity contribution in [3.05, 3.63) is 59.7 Å². The molecule has 1 saturated carbocycles. The lowest BCUT2D eigenvalue weighted by molar-refractivity contribution is -0.117. The molecule has 0 aromatic heterocycles. The molecule has 0 radical (unpaired) electrons. The quantitative estimate of drug-likeness (QED) is 0.699. The van der Waals surface area contributed by atoms with Gasteiger partial charge in [-0.05, 0) is 55.2 Å². The van der Waals surface area contributed by atoms with E-state index in [9.17, 15) is 9.59 Å². The molecule has 0 saturated heterocycles. The molecule has 1 aliphatic carbocycles. The minimum Gasteiger partial charge on any atom is -0.497 e. The normalized spacial score (nSPS) is 14.1. The van der Waals surface area contributed by atoms with Crippen molar-refractivity contribution < 1.29 is 14.3 Å². The number of nitrogens with one attached hydrogen (secondary N) is 3. The van der Waals surface area contributed by atoms with E-state index < -0.39 is 0 Å². The molecule has 1 unspecified atom stereocenters. The van der Waals surface area contributed by atoms with Crippen LogP contribution in [0.5, 0.6) is 5.75 Å². The molecule has 0 aliphatic heterocycles. The highest BCUT2D eigenvalue weighted by Crippen LogP contribution is 2.30. The first-order valence-electron chi connectivity index (χ1n) is 9.13. The molecule has 1 atom stereocenters. The Morgan fingerprint density at radius 2 is 1.89 bits per heavy atom. The van der Waals surface area contributed by atoms with Crippen molar-refractivity contribution in [3.63, 3.8) is 0 Å². The Balaban J connectivity index is 1.47. The van der Waals surface area contributed by atoms with Gasteiger partial charge in [-0.1, -0.05) is 24.3 Å². The van der Waals surface area contributed by atoms with Crippen LogP contribution in [-0.4, -0.2) is 19.0 Å². The van der Waals surface area contributed by atoms with Crippen molar-refractivity contribution in [1.29, 1.82) is 0 Å². The van der Waals surface area contributed by atoms with Crippen LogP contribution in [-0.2, 0) is 11.3 Å². The molecule has 3 amide bonds. The summed E-state index contributed by atoms with van der Waals surface area (Å²) in [4.78, 5) is 23.9. The summed E-state index contributed by atoms with van der Waals surface area (Å²) in [5.41, 5.74) is 2.72. The van der Waals surface area contributed by atoms with E-state index in [-0.39, 0.29) is 23.9 Å². The van der Waals surface area contributed by atoms with E-state index in [0.717, 1.165) is 35.4 Å². The third kappa shape index (κ3) is 5.48. The minimum atomic E-state index is -0.239. The van der Waals surface area contributed by atoms with Gasteiger partial charge in [-0.3, -0.25) is 4.79 Å². The second kappa shape index (κ2) is 8.58. The number of carbonyl (C=O) groups excluding carboxylic acids is 2. The van der Waals surface area contributed by atoms with Gasteiger partial charge in [0.1, 0.15) is 5.75 Å². The number of carbonyl (C=O) groups is 2. The maximum atomic E-state index is 12.1. The number of hydrogen-bond acceptors (Lipinski definition) is 3. The molecule has 27 heavy (non-hydrogen) atoms. The summed E-state index contributed by atoms with van der Waals surface area (Å²) in [5.74, 6) is 1.03. The summed E-state index contributed by atoms with van der Waals surface area (Å²) in [6.45, 7) is 2.34. The highest BCUT2D eigenvalue weighted by molar-refractivity contribution is 5.94. The first-order chi connectivity index (χ1) is 13.0. The van der Waals surface area contributed by atoms with Crippen LogP contribution in [0.4, 0.5) is 10.5 Å². The Labute approximate surface area is 159 Å². The lowest BCUT2D eigenvalue weighted by Crippen LogP contribution is -2.36. The average molecular weight is 367 g/mol. The first-order valence-corrected chi connectivity index (χ1v) is 9.13. The topological polar surface area (TPSA) is 79.5 Å². The van der Waals surface area contributed by atoms with Crippen LogP contribution in [0.2, 0.25) is 0 Å². The molecule has 6 nitrogen and oxygen atoms in total. The predicted octanol–water partition coefficient (Wildman–Crippen LogP) is 3.60. The summed E-state index contributed by atoms with van der Waals surface area (Å²) in [6.07, 6.45) is 1.96. The molecule has 0 heterocycles. The van der Waals surface area contributed by atoms with Gasteiger partial charge in [0.25, 0.3) is 0 Å². The maximum Gasteiger partial charge on any atom is 0.315 e. The minimum absolute atomic E-state index is 0.0887. The first kappa shape index (κ1) is 18.8. The van der Waals surface area contributed by atoms with E-state index >= 15 is 0 Å². The number of amides is 3. The van der Waals surface area contributed by atoms with Crippen LogP contribution in [0, 0.1) is 5.92 Å². The monoisotopic (exact) mass is 367 g/mol. The van der Waals surface area contributed by atoms with Crippen molar-refractivity contribution in [3.8, 4) is 5.75 Å². The van der Waals surface area contributed by atoms with Crippen LogP contribution in [0.1, 0.15) is 36.9 Å². The zero-order valence-electron chi connectivity index (χ0n) is 15.6. The lowest BCUT2D eigenvalue weighted by atomic mass is 10.1. The molecule has 3 N–H and O–H groups in total. The van der Waals surface area contributed by atoms with E-state index in [0.29, 0.717) is 6.54 Å². The Kier molecular flexibility index (Phi) is 5.96. The molecular formula is C21H25N3O3. The third-order valence-electron chi connectivity index (χ3n) is 4.56. The second-order valence-electron chi connectivity index (χ2n) is 6.79. The van der Waals surface area contributed by atoms with Crippen LogP contribution >= 0.6 is 0 Å². The molecule has 142 valence electrons. The predicted molar refractivity (Wildman–Crippen MR) is 105 cm³/mol. The third-order valence-corrected chi connectivity index (χ3v) is 4.56. The van der Waals surface area contributed by atoms with Crippen LogP contribution in [0.3, 0.4) is 0 Å². The van der Waals surface area contributed by atoms with Crippen molar-refractivity contribution in [2.24, 2.45) is 5.92 Å². The average Bonchev–Trinajstić information content (AvgIpc) is 3.52. The zero-order chi connectivity index (χ0) is 19.2. The van der Waals surface area contributed by atoms with E-state index in [4.69, 9.17) is 4.74 Å². The van der Waals surface area contributed by atoms with Crippen molar-refractivity contribution in [1.82, 2.24) is 10.6 Å². The summed E-state index contributed by atoms with van der Waals surface area (Å²) in [7, 11) is 1.61. The van der Waals surface area contributed by atoms with Gasteiger partial charge in [0, 0.05) is 18.2 Å². The Morgan fingerprint density at radius 1 is 1.15 bits per heavy atom. The van der Waals surface area contributed by atoms with E-state index in [1.165, 1.54) is 0 Å². The molecule has 1 aliphatic rings. The summed E-state index contributed by atoms with van der Waals surface area (Å²) in [6, 6.07) is 14.7.